The molecule has 0 bridgehead atoms. The number of carbonyl (C=O) groups is 3. The Balaban J connectivity index is 1.64. The molecule has 0 saturated heterocycles. The number of hydrogen-bond donors (Lipinski definition) is 1. The van der Waals surface area contributed by atoms with E-state index in [0.29, 0.717) is 12.0 Å². The van der Waals surface area contributed by atoms with Gasteiger partial charge in [-0.15, -0.1) is 0 Å². The smallest absolute Gasteiger partial charge is 0.327 e. The highest BCUT2D eigenvalue weighted by Crippen LogP contribution is 2.42. The SMILES string of the molecule is COC(=O)C(C)Nc1ccc(C(=O)N2c3ccccc3[C@H](N(C(C)=O)c3ccccc3)C[C@@H]2C)cc1. The first kappa shape index (κ1) is 25.0. The van der Waals surface area contributed by atoms with Crippen LogP contribution < -0.4 is 15.1 Å². The van der Waals surface area contributed by atoms with Crippen molar-refractivity contribution in [3.05, 3.63) is 90.0 Å². The number of esters is 1. The Bertz CT molecular complexity index is 1240. The van der Waals surface area contributed by atoms with E-state index in [9.17, 15) is 14.4 Å². The second-order valence-corrected chi connectivity index (χ2v) is 9.03. The molecule has 4 rings (SSSR count). The molecule has 7 nitrogen and oxygen atoms in total. The Hall–Kier alpha value is -4.13. The van der Waals surface area contributed by atoms with Gasteiger partial charge in [0.1, 0.15) is 6.04 Å². The molecule has 7 heteroatoms. The molecule has 3 atom stereocenters. The maximum atomic E-state index is 13.7. The number of ether oxygens (including phenoxy) is 1. The predicted octanol–water partition coefficient (Wildman–Crippen LogP) is 5.19. The van der Waals surface area contributed by atoms with Crippen molar-refractivity contribution in [2.24, 2.45) is 0 Å². The predicted molar refractivity (Wildman–Crippen MR) is 141 cm³/mol. The van der Waals surface area contributed by atoms with Crippen LogP contribution in [0.25, 0.3) is 0 Å². The van der Waals surface area contributed by atoms with Crippen molar-refractivity contribution in [1.82, 2.24) is 0 Å². The second-order valence-electron chi connectivity index (χ2n) is 9.03. The van der Waals surface area contributed by atoms with Crippen molar-refractivity contribution in [2.75, 3.05) is 22.2 Å². The lowest BCUT2D eigenvalue weighted by atomic mass is 9.89. The number of benzene rings is 3. The molecule has 186 valence electrons. The maximum Gasteiger partial charge on any atom is 0.327 e. The molecule has 1 aliphatic heterocycles. The quantitative estimate of drug-likeness (QED) is 0.486. The van der Waals surface area contributed by atoms with Crippen LogP contribution in [0, 0.1) is 0 Å². The van der Waals surface area contributed by atoms with Gasteiger partial charge in [0.2, 0.25) is 5.91 Å². The lowest BCUT2D eigenvalue weighted by molar-refractivity contribution is -0.141. The van der Waals surface area contributed by atoms with Gasteiger partial charge >= 0.3 is 5.97 Å². The molecule has 2 amide bonds. The van der Waals surface area contributed by atoms with Gasteiger partial charge in [-0.1, -0.05) is 36.4 Å². The molecule has 1 unspecified atom stereocenters. The van der Waals surface area contributed by atoms with Crippen molar-refractivity contribution in [3.63, 3.8) is 0 Å². The standard InChI is InChI=1S/C29H31N3O4/c1-19-18-27(32(21(3)33)24-10-6-5-7-11-24)25-12-8-9-13-26(25)31(19)28(34)22-14-16-23(17-15-22)30-20(2)29(35)36-4/h5-17,19-20,27,30H,18H2,1-4H3/t19-,20?,27+/m0/s1. The van der Waals surface area contributed by atoms with E-state index in [0.717, 1.165) is 22.6 Å². The molecule has 0 saturated carbocycles. The van der Waals surface area contributed by atoms with Gasteiger partial charge < -0.3 is 19.9 Å². The molecule has 36 heavy (non-hydrogen) atoms. The second kappa shape index (κ2) is 10.6. The van der Waals surface area contributed by atoms with Crippen LogP contribution >= 0.6 is 0 Å². The fourth-order valence-electron chi connectivity index (χ4n) is 4.84. The average molecular weight is 486 g/mol. The van der Waals surface area contributed by atoms with E-state index < -0.39 is 6.04 Å². The largest absolute Gasteiger partial charge is 0.467 e. The number of nitrogens with one attached hydrogen (secondary N) is 1. The van der Waals surface area contributed by atoms with E-state index in [2.05, 4.69) is 5.32 Å². The third-order valence-corrected chi connectivity index (χ3v) is 6.53. The maximum absolute atomic E-state index is 13.7. The summed E-state index contributed by atoms with van der Waals surface area (Å²) >= 11 is 0. The van der Waals surface area contributed by atoms with Crippen molar-refractivity contribution in [1.29, 1.82) is 0 Å². The highest BCUT2D eigenvalue weighted by molar-refractivity contribution is 6.07. The number of para-hydroxylation sites is 2. The van der Waals surface area contributed by atoms with Crippen LogP contribution in [0.4, 0.5) is 17.1 Å². The summed E-state index contributed by atoms with van der Waals surface area (Å²) in [5.41, 5.74) is 3.83. The summed E-state index contributed by atoms with van der Waals surface area (Å²) in [5, 5.41) is 3.07. The van der Waals surface area contributed by atoms with E-state index >= 15 is 0 Å². The average Bonchev–Trinajstić information content (AvgIpc) is 2.89. The van der Waals surface area contributed by atoms with Crippen LogP contribution in [0.2, 0.25) is 0 Å². The summed E-state index contributed by atoms with van der Waals surface area (Å²) in [6, 6.07) is 23.7. The van der Waals surface area contributed by atoms with Gasteiger partial charge in [-0.2, -0.15) is 0 Å². The highest BCUT2D eigenvalue weighted by atomic mass is 16.5. The zero-order valence-corrected chi connectivity index (χ0v) is 21.0. The summed E-state index contributed by atoms with van der Waals surface area (Å²) in [6.45, 7) is 5.31. The Kier molecular flexibility index (Phi) is 7.38. The summed E-state index contributed by atoms with van der Waals surface area (Å²) < 4.78 is 4.75. The van der Waals surface area contributed by atoms with Gasteiger partial charge in [-0.05, 0) is 68.3 Å². The lowest BCUT2D eigenvalue weighted by Gasteiger charge is -2.43. The fraction of sp³-hybridized carbons (Fsp3) is 0.276. The van der Waals surface area contributed by atoms with E-state index in [1.807, 2.05) is 71.3 Å². The molecule has 3 aromatic rings. The molecule has 0 radical (unpaired) electrons. The van der Waals surface area contributed by atoms with Gasteiger partial charge in [0.05, 0.1) is 13.2 Å². The minimum atomic E-state index is -0.503. The third-order valence-electron chi connectivity index (χ3n) is 6.53. The van der Waals surface area contributed by atoms with Crippen LogP contribution in [0.1, 0.15) is 49.2 Å². The zero-order valence-electron chi connectivity index (χ0n) is 21.0. The lowest BCUT2D eigenvalue weighted by Crippen LogP contribution is -2.47. The highest BCUT2D eigenvalue weighted by Gasteiger charge is 2.38. The number of methoxy groups -OCH3 is 1. The number of amides is 2. The molecular formula is C29H31N3O4. The van der Waals surface area contributed by atoms with E-state index in [4.69, 9.17) is 4.74 Å². The van der Waals surface area contributed by atoms with Gasteiger partial charge in [-0.3, -0.25) is 9.59 Å². The van der Waals surface area contributed by atoms with Crippen LogP contribution in [-0.4, -0.2) is 37.0 Å². The molecule has 1 aliphatic rings. The number of fused-ring (bicyclic) bond motifs is 1. The van der Waals surface area contributed by atoms with Crippen LogP contribution in [0.3, 0.4) is 0 Å². The number of rotatable bonds is 6. The van der Waals surface area contributed by atoms with Crippen molar-refractivity contribution >= 4 is 34.8 Å². The molecule has 1 N–H and O–H groups in total. The summed E-state index contributed by atoms with van der Waals surface area (Å²) in [4.78, 5) is 41.8. The number of anilines is 3. The number of nitrogens with zero attached hydrogens (tertiary/aromatic N) is 2. The topological polar surface area (TPSA) is 79.0 Å². The minimum Gasteiger partial charge on any atom is -0.467 e. The monoisotopic (exact) mass is 485 g/mol. The van der Waals surface area contributed by atoms with Crippen molar-refractivity contribution in [3.8, 4) is 0 Å². The molecule has 0 aromatic heterocycles. The van der Waals surface area contributed by atoms with Gasteiger partial charge in [0.25, 0.3) is 5.91 Å². The van der Waals surface area contributed by atoms with E-state index in [1.54, 1.807) is 38.1 Å². The van der Waals surface area contributed by atoms with Crippen LogP contribution in [-0.2, 0) is 14.3 Å². The van der Waals surface area contributed by atoms with E-state index in [-0.39, 0.29) is 29.9 Å². The fourth-order valence-corrected chi connectivity index (χ4v) is 4.84. The van der Waals surface area contributed by atoms with E-state index in [1.165, 1.54) is 7.11 Å². The first-order chi connectivity index (χ1) is 17.3. The normalized spacial score (nSPS) is 17.5. The third kappa shape index (κ3) is 4.96. The molecule has 0 fully saturated rings. The van der Waals surface area contributed by atoms with Crippen molar-refractivity contribution in [2.45, 2.75) is 45.3 Å². The number of hydrogen-bond acceptors (Lipinski definition) is 5. The van der Waals surface area contributed by atoms with Crippen LogP contribution in [0.5, 0.6) is 0 Å². The summed E-state index contributed by atoms with van der Waals surface area (Å²) in [5.74, 6) is -0.522. The molecule has 1 heterocycles. The Labute approximate surface area is 211 Å². The Morgan fingerprint density at radius 2 is 1.61 bits per heavy atom. The summed E-state index contributed by atoms with van der Waals surface area (Å²) in [6.07, 6.45) is 0.605. The first-order valence-corrected chi connectivity index (χ1v) is 12.0. The van der Waals surface area contributed by atoms with Crippen LogP contribution in [0.15, 0.2) is 78.9 Å². The molecule has 0 spiro atoms. The van der Waals surface area contributed by atoms with Gasteiger partial charge in [0.15, 0.2) is 0 Å². The molecule has 0 aliphatic carbocycles. The Morgan fingerprint density at radius 1 is 0.972 bits per heavy atom. The Morgan fingerprint density at radius 3 is 2.25 bits per heavy atom. The van der Waals surface area contributed by atoms with Gasteiger partial charge in [-0.25, -0.2) is 4.79 Å². The van der Waals surface area contributed by atoms with Crippen molar-refractivity contribution < 1.29 is 19.1 Å². The van der Waals surface area contributed by atoms with Gasteiger partial charge in [0, 0.05) is 35.6 Å². The number of carbonyl (C=O) groups excluding carboxylic acids is 3. The molecule has 3 aromatic carbocycles. The minimum absolute atomic E-state index is 0.0442. The zero-order chi connectivity index (χ0) is 25.8. The summed E-state index contributed by atoms with van der Waals surface area (Å²) in [7, 11) is 1.35. The molecular weight excluding hydrogens is 454 g/mol. The first-order valence-electron chi connectivity index (χ1n) is 12.0.